The molecule has 0 unspecified atom stereocenters. The van der Waals surface area contributed by atoms with Crippen LogP contribution in [0.15, 0.2) is 42.6 Å². The van der Waals surface area contributed by atoms with Gasteiger partial charge in [0.05, 0.1) is 28.5 Å². The molecule has 0 amide bonds. The molecular formula is C22H15ClFN5O3. The van der Waals surface area contributed by atoms with Crippen molar-refractivity contribution in [2.45, 2.75) is 19.6 Å². The van der Waals surface area contributed by atoms with Crippen LogP contribution < -0.4 is 10.1 Å². The molecule has 8 nitrogen and oxygen atoms in total. The molecule has 0 bridgehead atoms. The van der Waals surface area contributed by atoms with E-state index in [1.54, 1.807) is 19.2 Å². The predicted octanol–water partition coefficient (Wildman–Crippen LogP) is 4.64. The van der Waals surface area contributed by atoms with Crippen LogP contribution in [0.2, 0.25) is 5.15 Å². The lowest BCUT2D eigenvalue weighted by atomic mass is 10.0. The summed E-state index contributed by atoms with van der Waals surface area (Å²) in [7, 11) is 0. The van der Waals surface area contributed by atoms with E-state index in [0.717, 1.165) is 11.3 Å². The summed E-state index contributed by atoms with van der Waals surface area (Å²) >= 11 is 5.83. The lowest BCUT2D eigenvalue weighted by Gasteiger charge is -2.21. The monoisotopic (exact) mass is 451 g/mol. The van der Waals surface area contributed by atoms with E-state index in [-0.39, 0.29) is 23.1 Å². The first-order chi connectivity index (χ1) is 15.4. The lowest BCUT2D eigenvalue weighted by molar-refractivity contribution is 0.0691. The van der Waals surface area contributed by atoms with Crippen LogP contribution in [-0.2, 0) is 6.61 Å². The van der Waals surface area contributed by atoms with Gasteiger partial charge < -0.3 is 15.2 Å². The smallest absolute Gasteiger partial charge is 0.356 e. The molecule has 0 radical (unpaired) electrons. The minimum atomic E-state index is -1.24. The van der Waals surface area contributed by atoms with Crippen molar-refractivity contribution in [3.63, 3.8) is 0 Å². The summed E-state index contributed by atoms with van der Waals surface area (Å²) in [4.78, 5) is 28.9. The van der Waals surface area contributed by atoms with Gasteiger partial charge in [-0.15, -0.1) is 0 Å². The highest BCUT2D eigenvalue weighted by Gasteiger charge is 2.24. The molecule has 1 aromatic carbocycles. The van der Waals surface area contributed by atoms with Gasteiger partial charge in [0.2, 0.25) is 5.88 Å². The number of carboxylic acids is 1. The number of hydrogen-bond acceptors (Lipinski definition) is 7. The first-order valence-corrected chi connectivity index (χ1v) is 10.0. The third-order valence-corrected chi connectivity index (χ3v) is 5.34. The molecule has 160 valence electrons. The molecule has 0 saturated heterocycles. The Balaban J connectivity index is 1.60. The van der Waals surface area contributed by atoms with Gasteiger partial charge in [-0.2, -0.15) is 0 Å². The summed E-state index contributed by atoms with van der Waals surface area (Å²) in [6, 6.07) is 8.76. The summed E-state index contributed by atoms with van der Waals surface area (Å²) in [5, 5.41) is 12.6. The topological polar surface area (TPSA) is 110 Å². The number of nitrogens with zero attached hydrogens (tertiary/aromatic N) is 4. The van der Waals surface area contributed by atoms with Crippen LogP contribution in [-0.4, -0.2) is 31.0 Å². The largest absolute Gasteiger partial charge is 0.476 e. The first kappa shape index (κ1) is 20.1. The number of halogens is 2. The van der Waals surface area contributed by atoms with Crippen LogP contribution in [0.4, 0.5) is 10.1 Å². The molecule has 0 saturated carbocycles. The van der Waals surface area contributed by atoms with E-state index in [1.807, 2.05) is 6.07 Å². The van der Waals surface area contributed by atoms with Gasteiger partial charge >= 0.3 is 5.97 Å². The SMILES string of the molecule is C[C@@H](Nc1ccc(Cl)nc1C(=O)O)c1cc(F)cc2nc3c(nc12)OCc1ncccc1-3. The number of fused-ring (bicyclic) bond motifs is 4. The summed E-state index contributed by atoms with van der Waals surface area (Å²) in [5.41, 5.74) is 3.31. The van der Waals surface area contributed by atoms with Gasteiger partial charge in [-0.3, -0.25) is 4.98 Å². The molecule has 0 fully saturated rings. The van der Waals surface area contributed by atoms with Gasteiger partial charge in [0, 0.05) is 23.4 Å². The zero-order chi connectivity index (χ0) is 22.4. The number of ether oxygens (including phenoxy) is 1. The Bertz CT molecular complexity index is 1400. The zero-order valence-corrected chi connectivity index (χ0v) is 17.4. The van der Waals surface area contributed by atoms with Gasteiger partial charge in [-0.05, 0) is 37.3 Å². The average molecular weight is 452 g/mol. The highest BCUT2D eigenvalue weighted by atomic mass is 35.5. The standard InChI is InChI=1S/C22H15ClFN5O3/c1-10(26-14-4-5-17(23)28-20(14)22(30)31)13-7-11(24)8-15-18(13)29-21-19(27-15)12-3-2-6-25-16(12)9-32-21/h2-8,10,26H,9H2,1H3,(H,30,31)/t10-/m1/s1. The summed E-state index contributed by atoms with van der Waals surface area (Å²) < 4.78 is 20.3. The minimum absolute atomic E-state index is 0.0567. The molecule has 0 spiro atoms. The summed E-state index contributed by atoms with van der Waals surface area (Å²) in [6.45, 7) is 2.02. The summed E-state index contributed by atoms with van der Waals surface area (Å²) in [6.07, 6.45) is 1.67. The van der Waals surface area contributed by atoms with Crippen LogP contribution in [0.1, 0.15) is 34.7 Å². The number of rotatable bonds is 4. The van der Waals surface area contributed by atoms with Crippen LogP contribution in [0.5, 0.6) is 5.88 Å². The Morgan fingerprint density at radius 1 is 1.25 bits per heavy atom. The fourth-order valence-electron chi connectivity index (χ4n) is 3.67. The number of carbonyl (C=O) groups is 1. The van der Waals surface area contributed by atoms with E-state index >= 15 is 0 Å². The highest BCUT2D eigenvalue weighted by molar-refractivity contribution is 6.29. The minimum Gasteiger partial charge on any atom is -0.476 e. The molecule has 0 aliphatic carbocycles. The Morgan fingerprint density at radius 3 is 2.91 bits per heavy atom. The van der Waals surface area contributed by atoms with Crippen molar-refractivity contribution >= 4 is 34.3 Å². The number of anilines is 1. The number of benzene rings is 1. The van der Waals surface area contributed by atoms with Crippen LogP contribution in [0, 0.1) is 5.82 Å². The molecule has 4 aromatic rings. The Labute approximate surface area is 186 Å². The molecule has 2 N–H and O–H groups in total. The molecular weight excluding hydrogens is 437 g/mol. The van der Waals surface area contributed by atoms with Crippen molar-refractivity contribution in [3.8, 4) is 17.1 Å². The maximum absolute atomic E-state index is 14.5. The van der Waals surface area contributed by atoms with Gasteiger partial charge in [0.25, 0.3) is 0 Å². The van der Waals surface area contributed by atoms with Crippen molar-refractivity contribution in [2.24, 2.45) is 0 Å². The quantitative estimate of drug-likeness (QED) is 0.432. The second-order valence-corrected chi connectivity index (χ2v) is 7.62. The Hall–Kier alpha value is -3.85. The van der Waals surface area contributed by atoms with E-state index < -0.39 is 17.8 Å². The average Bonchev–Trinajstić information content (AvgIpc) is 2.78. The predicted molar refractivity (Wildman–Crippen MR) is 115 cm³/mol. The van der Waals surface area contributed by atoms with Crippen molar-refractivity contribution in [1.82, 2.24) is 19.9 Å². The molecule has 10 heteroatoms. The van der Waals surface area contributed by atoms with Gasteiger partial charge in [-0.1, -0.05) is 11.6 Å². The zero-order valence-electron chi connectivity index (χ0n) is 16.6. The number of nitrogens with one attached hydrogen (secondary N) is 1. The molecule has 3 aromatic heterocycles. The van der Waals surface area contributed by atoms with Gasteiger partial charge in [-0.25, -0.2) is 24.1 Å². The van der Waals surface area contributed by atoms with Crippen LogP contribution in [0.3, 0.4) is 0 Å². The van der Waals surface area contributed by atoms with Crippen molar-refractivity contribution in [1.29, 1.82) is 0 Å². The fourth-order valence-corrected chi connectivity index (χ4v) is 3.82. The van der Waals surface area contributed by atoms with E-state index in [9.17, 15) is 14.3 Å². The molecule has 4 heterocycles. The molecule has 1 aliphatic heterocycles. The van der Waals surface area contributed by atoms with Gasteiger partial charge in [0.1, 0.15) is 23.3 Å². The van der Waals surface area contributed by atoms with E-state index in [1.165, 1.54) is 24.3 Å². The Morgan fingerprint density at radius 2 is 2.09 bits per heavy atom. The number of pyridine rings is 2. The van der Waals surface area contributed by atoms with Crippen molar-refractivity contribution in [3.05, 3.63) is 70.5 Å². The van der Waals surface area contributed by atoms with E-state index in [0.29, 0.717) is 28.2 Å². The second kappa shape index (κ2) is 7.69. The number of carboxylic acid groups (broad SMARTS) is 1. The number of hydrogen-bond donors (Lipinski definition) is 2. The molecule has 1 aliphatic rings. The fraction of sp³-hybridized carbons (Fsp3) is 0.136. The van der Waals surface area contributed by atoms with Crippen LogP contribution >= 0.6 is 11.6 Å². The van der Waals surface area contributed by atoms with E-state index in [2.05, 4.69) is 25.3 Å². The molecule has 1 atom stereocenters. The molecule has 32 heavy (non-hydrogen) atoms. The molecule has 5 rings (SSSR count). The first-order valence-electron chi connectivity index (χ1n) is 9.65. The number of aromatic nitrogens is 4. The van der Waals surface area contributed by atoms with E-state index in [4.69, 9.17) is 16.3 Å². The van der Waals surface area contributed by atoms with Crippen molar-refractivity contribution in [2.75, 3.05) is 5.32 Å². The van der Waals surface area contributed by atoms with Crippen LogP contribution in [0.25, 0.3) is 22.3 Å². The highest BCUT2D eigenvalue weighted by Crippen LogP contribution is 2.37. The maximum Gasteiger partial charge on any atom is 0.356 e. The van der Waals surface area contributed by atoms with Crippen molar-refractivity contribution < 1.29 is 19.0 Å². The Kier molecular flexibility index (Phi) is 4.82. The summed E-state index contributed by atoms with van der Waals surface area (Å²) in [5.74, 6) is -1.40. The number of aromatic carboxylic acids is 1. The third kappa shape index (κ3) is 3.46. The lowest BCUT2D eigenvalue weighted by Crippen LogP contribution is -2.14. The normalized spacial score (nSPS) is 13.1. The maximum atomic E-state index is 14.5. The van der Waals surface area contributed by atoms with Gasteiger partial charge in [0.15, 0.2) is 5.69 Å². The second-order valence-electron chi connectivity index (χ2n) is 7.23. The third-order valence-electron chi connectivity index (χ3n) is 5.13.